The van der Waals surface area contributed by atoms with E-state index < -0.39 is 17.0 Å². The van der Waals surface area contributed by atoms with E-state index in [-0.39, 0.29) is 0 Å². The minimum absolute atomic E-state index is 0.435. The van der Waals surface area contributed by atoms with E-state index in [0.717, 1.165) is 0 Å². The van der Waals surface area contributed by atoms with Crippen LogP contribution in [-0.2, 0) is 9.47 Å². The van der Waals surface area contributed by atoms with Crippen molar-refractivity contribution in [3.63, 3.8) is 0 Å². The topological polar surface area (TPSA) is 18.5 Å². The SMILES string of the molecule is C#C[C@]1(CC=C)OC(C)(C)O[C@]1(C#C)CC=C. The highest BCUT2D eigenvalue weighted by atomic mass is 16.8. The third-order valence-electron chi connectivity index (χ3n) is 2.82. The van der Waals surface area contributed by atoms with Gasteiger partial charge in [-0.2, -0.15) is 0 Å². The van der Waals surface area contributed by atoms with Crippen molar-refractivity contribution in [2.24, 2.45) is 0 Å². The number of rotatable bonds is 4. The third kappa shape index (κ3) is 2.03. The van der Waals surface area contributed by atoms with Gasteiger partial charge >= 0.3 is 0 Å². The molecule has 0 bridgehead atoms. The molecular formula is C15H18O2. The maximum atomic E-state index is 5.87. The Kier molecular flexibility index (Phi) is 3.53. The highest BCUT2D eigenvalue weighted by Crippen LogP contribution is 2.47. The molecule has 0 N–H and O–H groups in total. The Labute approximate surface area is 104 Å². The normalized spacial score (nSPS) is 34.6. The van der Waals surface area contributed by atoms with E-state index in [1.807, 2.05) is 0 Å². The monoisotopic (exact) mass is 230 g/mol. The van der Waals surface area contributed by atoms with Crippen molar-refractivity contribution < 1.29 is 9.47 Å². The molecule has 1 fully saturated rings. The average molecular weight is 230 g/mol. The van der Waals surface area contributed by atoms with Crippen LogP contribution < -0.4 is 0 Å². The first-order valence-electron chi connectivity index (χ1n) is 5.48. The quantitative estimate of drug-likeness (QED) is 0.546. The summed E-state index contributed by atoms with van der Waals surface area (Å²) in [5, 5.41) is 0. The molecule has 1 rings (SSSR count). The Hall–Kier alpha value is -1.48. The zero-order valence-corrected chi connectivity index (χ0v) is 10.5. The van der Waals surface area contributed by atoms with Crippen LogP contribution >= 0.6 is 0 Å². The van der Waals surface area contributed by atoms with Gasteiger partial charge in [0, 0.05) is 12.8 Å². The molecule has 90 valence electrons. The zero-order valence-electron chi connectivity index (χ0n) is 10.5. The summed E-state index contributed by atoms with van der Waals surface area (Å²) in [4.78, 5) is 0. The van der Waals surface area contributed by atoms with Crippen LogP contribution in [0.3, 0.4) is 0 Å². The molecule has 0 unspecified atom stereocenters. The fourth-order valence-corrected chi connectivity index (χ4v) is 2.25. The fourth-order valence-electron chi connectivity index (χ4n) is 2.25. The van der Waals surface area contributed by atoms with E-state index in [2.05, 4.69) is 25.0 Å². The van der Waals surface area contributed by atoms with E-state index in [1.165, 1.54) is 0 Å². The summed E-state index contributed by atoms with van der Waals surface area (Å²) in [7, 11) is 0. The second-order valence-electron chi connectivity index (χ2n) is 4.53. The van der Waals surface area contributed by atoms with Gasteiger partial charge in [0.15, 0.2) is 17.0 Å². The van der Waals surface area contributed by atoms with Gasteiger partial charge in [-0.15, -0.1) is 26.0 Å². The van der Waals surface area contributed by atoms with E-state index in [0.29, 0.717) is 12.8 Å². The Bertz CT molecular complexity index is 370. The molecule has 1 aliphatic rings. The first-order chi connectivity index (χ1) is 7.91. The largest absolute Gasteiger partial charge is 0.327 e. The van der Waals surface area contributed by atoms with E-state index in [1.54, 1.807) is 26.0 Å². The Morgan fingerprint density at radius 1 is 1.00 bits per heavy atom. The van der Waals surface area contributed by atoms with E-state index >= 15 is 0 Å². The highest BCUT2D eigenvalue weighted by molar-refractivity contribution is 5.34. The molecule has 0 aromatic heterocycles. The van der Waals surface area contributed by atoms with Crippen molar-refractivity contribution in [3.8, 4) is 24.7 Å². The lowest BCUT2D eigenvalue weighted by Gasteiger charge is -2.33. The summed E-state index contributed by atoms with van der Waals surface area (Å²) >= 11 is 0. The Morgan fingerprint density at radius 2 is 1.35 bits per heavy atom. The van der Waals surface area contributed by atoms with Gasteiger partial charge in [-0.05, 0) is 13.8 Å². The second-order valence-corrected chi connectivity index (χ2v) is 4.53. The lowest BCUT2D eigenvalue weighted by Crippen LogP contribution is -2.49. The molecule has 1 saturated heterocycles. The van der Waals surface area contributed by atoms with Crippen LogP contribution in [0, 0.1) is 24.7 Å². The molecule has 17 heavy (non-hydrogen) atoms. The smallest absolute Gasteiger partial charge is 0.175 e. The van der Waals surface area contributed by atoms with Gasteiger partial charge in [0.05, 0.1) is 0 Å². The number of hydrogen-bond acceptors (Lipinski definition) is 2. The molecule has 2 heteroatoms. The van der Waals surface area contributed by atoms with Gasteiger partial charge in [0.2, 0.25) is 0 Å². The van der Waals surface area contributed by atoms with Crippen molar-refractivity contribution in [1.29, 1.82) is 0 Å². The summed E-state index contributed by atoms with van der Waals surface area (Å²) in [5.41, 5.74) is -1.97. The van der Waals surface area contributed by atoms with Gasteiger partial charge in [-0.25, -0.2) is 0 Å². The highest BCUT2D eigenvalue weighted by Gasteiger charge is 2.61. The summed E-state index contributed by atoms with van der Waals surface area (Å²) < 4.78 is 11.7. The van der Waals surface area contributed by atoms with Crippen molar-refractivity contribution in [2.75, 3.05) is 0 Å². The first kappa shape index (κ1) is 13.6. The van der Waals surface area contributed by atoms with Gasteiger partial charge < -0.3 is 9.47 Å². The van der Waals surface area contributed by atoms with Crippen LogP contribution in [0.5, 0.6) is 0 Å². The van der Waals surface area contributed by atoms with E-state index in [4.69, 9.17) is 22.3 Å². The molecule has 0 saturated carbocycles. The maximum absolute atomic E-state index is 5.87. The molecule has 0 amide bonds. The first-order valence-corrected chi connectivity index (χ1v) is 5.48. The Balaban J connectivity index is 3.33. The van der Waals surface area contributed by atoms with Gasteiger partial charge in [0.25, 0.3) is 0 Å². The minimum atomic E-state index is -0.985. The van der Waals surface area contributed by atoms with Crippen LogP contribution in [0.1, 0.15) is 26.7 Å². The standard InChI is InChI=1S/C15H18O2/c1-7-11-14(9-3)15(10-4,12-8-2)17-13(5,6)16-14/h3-4,7-8H,1-2,11-12H2,5-6H3/t14-,15-/m1/s1. The minimum Gasteiger partial charge on any atom is -0.327 e. The molecule has 0 aliphatic carbocycles. The predicted molar refractivity (Wildman–Crippen MR) is 69.0 cm³/mol. The van der Waals surface area contributed by atoms with Gasteiger partial charge in [0.1, 0.15) is 0 Å². The summed E-state index contributed by atoms with van der Waals surface area (Å²) in [6, 6.07) is 0. The molecule has 0 aromatic rings. The molecule has 1 heterocycles. The number of terminal acetylenes is 2. The molecule has 2 atom stereocenters. The molecule has 0 spiro atoms. The molecule has 0 radical (unpaired) electrons. The van der Waals surface area contributed by atoms with Crippen LogP contribution in [0.4, 0.5) is 0 Å². The molecular weight excluding hydrogens is 212 g/mol. The van der Waals surface area contributed by atoms with Crippen LogP contribution in [0.25, 0.3) is 0 Å². The van der Waals surface area contributed by atoms with Crippen LogP contribution in [0.2, 0.25) is 0 Å². The molecule has 0 aromatic carbocycles. The molecule has 2 nitrogen and oxygen atoms in total. The Morgan fingerprint density at radius 3 is 1.59 bits per heavy atom. The zero-order chi connectivity index (χ0) is 13.2. The summed E-state index contributed by atoms with van der Waals surface area (Å²) in [6.07, 6.45) is 15.5. The third-order valence-corrected chi connectivity index (χ3v) is 2.82. The summed E-state index contributed by atoms with van der Waals surface area (Å²) in [5.74, 6) is 4.49. The van der Waals surface area contributed by atoms with Gasteiger partial charge in [-0.3, -0.25) is 0 Å². The number of hydrogen-bond donors (Lipinski definition) is 0. The van der Waals surface area contributed by atoms with Crippen molar-refractivity contribution in [3.05, 3.63) is 25.3 Å². The van der Waals surface area contributed by atoms with Crippen LogP contribution in [-0.4, -0.2) is 17.0 Å². The summed E-state index contributed by atoms with van der Waals surface area (Å²) in [6.45, 7) is 11.0. The maximum Gasteiger partial charge on any atom is 0.175 e. The van der Waals surface area contributed by atoms with Crippen molar-refractivity contribution in [1.82, 2.24) is 0 Å². The molecule has 1 aliphatic heterocycles. The van der Waals surface area contributed by atoms with Crippen LogP contribution in [0.15, 0.2) is 25.3 Å². The number of ether oxygens (including phenoxy) is 2. The lowest BCUT2D eigenvalue weighted by atomic mass is 9.79. The second kappa shape index (κ2) is 4.41. The predicted octanol–water partition coefficient (Wildman–Crippen LogP) is 2.67. The lowest BCUT2D eigenvalue weighted by molar-refractivity contribution is -0.159. The van der Waals surface area contributed by atoms with Crippen molar-refractivity contribution >= 4 is 0 Å². The average Bonchev–Trinajstić information content (AvgIpc) is 2.48. The van der Waals surface area contributed by atoms with E-state index in [9.17, 15) is 0 Å². The fraction of sp³-hybridized carbons (Fsp3) is 0.467. The van der Waals surface area contributed by atoms with Gasteiger partial charge in [-0.1, -0.05) is 24.0 Å². The van der Waals surface area contributed by atoms with Crippen molar-refractivity contribution in [2.45, 2.75) is 43.7 Å².